The van der Waals surface area contributed by atoms with Gasteiger partial charge in [-0.25, -0.2) is 13.6 Å². The Morgan fingerprint density at radius 3 is 2.46 bits per heavy atom. The highest BCUT2D eigenvalue weighted by atomic mass is 32.2. The lowest BCUT2D eigenvalue weighted by Gasteiger charge is -2.08. The molecule has 6 nitrogen and oxygen atoms in total. The number of primary sulfonamides is 1. The molecule has 0 aromatic carbocycles. The fraction of sp³-hybridized carbons (Fsp3) is 0.833. The number of nitrogens with two attached hydrogens (primary N) is 2. The lowest BCUT2D eigenvalue weighted by molar-refractivity contribution is -0.122. The van der Waals surface area contributed by atoms with Crippen LogP contribution in [0.1, 0.15) is 13.3 Å². The SMILES string of the molecule is CCC(N)C(=O)NCCS(N)(=O)=O. The number of amides is 1. The summed E-state index contributed by atoms with van der Waals surface area (Å²) in [6.07, 6.45) is 0.515. The summed E-state index contributed by atoms with van der Waals surface area (Å²) < 4.78 is 20.9. The molecule has 78 valence electrons. The van der Waals surface area contributed by atoms with Crippen LogP contribution in [0.4, 0.5) is 0 Å². The molecule has 0 aromatic rings. The summed E-state index contributed by atoms with van der Waals surface area (Å²) in [6.45, 7) is 1.77. The van der Waals surface area contributed by atoms with Crippen LogP contribution < -0.4 is 16.2 Å². The van der Waals surface area contributed by atoms with Crippen LogP contribution in [0, 0.1) is 0 Å². The lowest BCUT2D eigenvalue weighted by atomic mass is 10.2. The van der Waals surface area contributed by atoms with Crippen LogP contribution in [0.2, 0.25) is 0 Å². The predicted octanol–water partition coefficient (Wildman–Crippen LogP) is -1.87. The van der Waals surface area contributed by atoms with Gasteiger partial charge in [0.15, 0.2) is 0 Å². The maximum Gasteiger partial charge on any atom is 0.236 e. The fourth-order valence-electron chi connectivity index (χ4n) is 0.633. The van der Waals surface area contributed by atoms with Crippen molar-refractivity contribution in [3.63, 3.8) is 0 Å². The van der Waals surface area contributed by atoms with Crippen molar-refractivity contribution >= 4 is 15.9 Å². The number of sulfonamides is 1. The zero-order chi connectivity index (χ0) is 10.5. The van der Waals surface area contributed by atoms with Gasteiger partial charge in [-0.05, 0) is 6.42 Å². The molecule has 0 fully saturated rings. The normalized spacial score (nSPS) is 13.8. The Balaban J connectivity index is 3.72. The van der Waals surface area contributed by atoms with E-state index in [1.54, 1.807) is 6.92 Å². The molecular weight excluding hydrogens is 194 g/mol. The van der Waals surface area contributed by atoms with Gasteiger partial charge in [-0.15, -0.1) is 0 Å². The largest absolute Gasteiger partial charge is 0.354 e. The minimum Gasteiger partial charge on any atom is -0.354 e. The van der Waals surface area contributed by atoms with E-state index in [0.29, 0.717) is 6.42 Å². The first-order valence-corrected chi connectivity index (χ1v) is 5.62. The highest BCUT2D eigenvalue weighted by Crippen LogP contribution is 1.85. The topological polar surface area (TPSA) is 115 Å². The molecule has 0 radical (unpaired) electrons. The smallest absolute Gasteiger partial charge is 0.236 e. The van der Waals surface area contributed by atoms with Crippen molar-refractivity contribution < 1.29 is 13.2 Å². The summed E-state index contributed by atoms with van der Waals surface area (Å²) in [5.74, 6) is -0.624. The molecule has 0 saturated heterocycles. The van der Waals surface area contributed by atoms with Crippen LogP contribution in [-0.2, 0) is 14.8 Å². The van der Waals surface area contributed by atoms with E-state index < -0.39 is 16.1 Å². The minimum atomic E-state index is -3.51. The molecule has 1 atom stereocenters. The number of hydrogen-bond donors (Lipinski definition) is 3. The van der Waals surface area contributed by atoms with E-state index in [0.717, 1.165) is 0 Å². The van der Waals surface area contributed by atoms with Crippen molar-refractivity contribution in [3.8, 4) is 0 Å². The van der Waals surface area contributed by atoms with Gasteiger partial charge in [-0.2, -0.15) is 0 Å². The minimum absolute atomic E-state index is 0.00532. The third-order valence-corrected chi connectivity index (χ3v) is 2.24. The van der Waals surface area contributed by atoms with Gasteiger partial charge in [0, 0.05) is 6.54 Å². The third-order valence-electron chi connectivity index (χ3n) is 1.46. The summed E-state index contributed by atoms with van der Waals surface area (Å²) in [7, 11) is -3.51. The monoisotopic (exact) mass is 209 g/mol. The quantitative estimate of drug-likeness (QED) is 0.492. The molecule has 0 spiro atoms. The van der Waals surface area contributed by atoms with Crippen molar-refractivity contribution in [2.45, 2.75) is 19.4 Å². The Kier molecular flexibility index (Phi) is 4.89. The summed E-state index contributed by atoms with van der Waals surface area (Å²) >= 11 is 0. The molecule has 0 aromatic heterocycles. The van der Waals surface area contributed by atoms with Gasteiger partial charge in [-0.3, -0.25) is 4.79 Å². The Hall–Kier alpha value is -0.660. The lowest BCUT2D eigenvalue weighted by Crippen LogP contribution is -2.42. The molecular formula is C6H15N3O3S. The van der Waals surface area contributed by atoms with Crippen molar-refractivity contribution in [3.05, 3.63) is 0 Å². The Morgan fingerprint density at radius 1 is 1.54 bits per heavy atom. The van der Waals surface area contributed by atoms with Crippen molar-refractivity contribution in [1.82, 2.24) is 5.32 Å². The molecule has 1 amide bonds. The average molecular weight is 209 g/mol. The van der Waals surface area contributed by atoms with Crippen LogP contribution in [0.5, 0.6) is 0 Å². The highest BCUT2D eigenvalue weighted by Gasteiger charge is 2.10. The van der Waals surface area contributed by atoms with Crippen LogP contribution in [0.25, 0.3) is 0 Å². The van der Waals surface area contributed by atoms with Gasteiger partial charge in [0.25, 0.3) is 0 Å². The number of carbonyl (C=O) groups excluding carboxylic acids is 1. The van der Waals surface area contributed by atoms with Crippen molar-refractivity contribution in [2.24, 2.45) is 10.9 Å². The molecule has 0 aliphatic rings. The zero-order valence-corrected chi connectivity index (χ0v) is 8.30. The molecule has 0 aliphatic heterocycles. The van der Waals surface area contributed by atoms with E-state index >= 15 is 0 Å². The number of hydrogen-bond acceptors (Lipinski definition) is 4. The Morgan fingerprint density at radius 2 is 2.08 bits per heavy atom. The number of rotatable bonds is 5. The van der Waals surface area contributed by atoms with Gasteiger partial charge in [0.1, 0.15) is 0 Å². The van der Waals surface area contributed by atoms with Gasteiger partial charge < -0.3 is 11.1 Å². The molecule has 7 heteroatoms. The first-order chi connectivity index (χ1) is 5.87. The van der Waals surface area contributed by atoms with Crippen molar-refractivity contribution in [2.75, 3.05) is 12.3 Å². The van der Waals surface area contributed by atoms with Crippen LogP contribution >= 0.6 is 0 Å². The van der Waals surface area contributed by atoms with E-state index in [4.69, 9.17) is 10.9 Å². The molecule has 0 saturated carbocycles. The summed E-state index contributed by atoms with van der Waals surface area (Å²) in [6, 6.07) is -0.583. The second-order valence-corrected chi connectivity index (χ2v) is 4.41. The van der Waals surface area contributed by atoms with Gasteiger partial charge in [0.2, 0.25) is 15.9 Å². The zero-order valence-electron chi connectivity index (χ0n) is 7.49. The first-order valence-electron chi connectivity index (χ1n) is 3.90. The summed E-state index contributed by atoms with van der Waals surface area (Å²) in [5, 5.41) is 7.09. The molecule has 0 rings (SSSR count). The third kappa shape index (κ3) is 6.50. The molecule has 13 heavy (non-hydrogen) atoms. The number of carbonyl (C=O) groups is 1. The molecule has 0 aliphatic carbocycles. The van der Waals surface area contributed by atoms with E-state index in [2.05, 4.69) is 5.32 Å². The van der Waals surface area contributed by atoms with Crippen LogP contribution in [0.3, 0.4) is 0 Å². The van der Waals surface area contributed by atoms with Gasteiger partial charge in [0.05, 0.1) is 11.8 Å². The molecule has 1 unspecified atom stereocenters. The molecule has 5 N–H and O–H groups in total. The van der Waals surface area contributed by atoms with Gasteiger partial charge in [-0.1, -0.05) is 6.92 Å². The summed E-state index contributed by atoms with van der Waals surface area (Å²) in [4.78, 5) is 11.0. The highest BCUT2D eigenvalue weighted by molar-refractivity contribution is 7.89. The maximum absolute atomic E-state index is 11.0. The fourth-order valence-corrected chi connectivity index (χ4v) is 1.02. The average Bonchev–Trinajstić information content (AvgIpc) is 2.00. The summed E-state index contributed by atoms with van der Waals surface area (Å²) in [5.41, 5.74) is 5.37. The predicted molar refractivity (Wildman–Crippen MR) is 49.3 cm³/mol. The molecule has 0 bridgehead atoms. The van der Waals surface area contributed by atoms with E-state index in [9.17, 15) is 13.2 Å². The van der Waals surface area contributed by atoms with Crippen molar-refractivity contribution in [1.29, 1.82) is 0 Å². The first kappa shape index (κ1) is 12.3. The van der Waals surface area contributed by atoms with E-state index in [1.807, 2.05) is 0 Å². The van der Waals surface area contributed by atoms with Crippen LogP contribution in [-0.4, -0.2) is 32.7 Å². The maximum atomic E-state index is 11.0. The van der Waals surface area contributed by atoms with E-state index in [-0.39, 0.29) is 18.2 Å². The second-order valence-electron chi connectivity index (χ2n) is 2.67. The molecule has 0 heterocycles. The second kappa shape index (κ2) is 5.15. The number of nitrogens with one attached hydrogen (secondary N) is 1. The standard InChI is InChI=1S/C6H15N3O3S/c1-2-5(7)6(10)9-3-4-13(8,11)12/h5H,2-4,7H2,1H3,(H,9,10)(H2,8,11,12). The van der Waals surface area contributed by atoms with Crippen LogP contribution in [0.15, 0.2) is 0 Å². The van der Waals surface area contributed by atoms with Gasteiger partial charge >= 0.3 is 0 Å². The van der Waals surface area contributed by atoms with E-state index in [1.165, 1.54) is 0 Å². The Labute approximate surface area is 77.7 Å². The Bertz CT molecular complexity index is 262.